The Morgan fingerprint density at radius 3 is 2.75 bits per heavy atom. The molecule has 0 amide bonds. The summed E-state index contributed by atoms with van der Waals surface area (Å²) in [5.74, 6) is 3.13. The Morgan fingerprint density at radius 1 is 1.10 bits per heavy atom. The number of fused-ring (bicyclic) bond motifs is 2. The van der Waals surface area contributed by atoms with Crippen LogP contribution in [0.4, 0.5) is 0 Å². The Hall–Kier alpha value is -3.56. The first-order valence-corrected chi connectivity index (χ1v) is 14.3. The third-order valence-corrected chi connectivity index (χ3v) is 7.97. The standard InChI is InChI=1S/C30H27BrClN3O5/c1-37-27-13-19(11-23(32)28(27)38-16-18-7-10-25-26(12-18)40-17-39-25)15-33-35-29(20-5-3-2-4-6-20)34-24-9-8-21(31)14-22(24)30(35)36/h7-15,20H,2-6,16-17H2,1H3. The maximum atomic E-state index is 13.6. The third-order valence-electron chi connectivity index (χ3n) is 7.20. The zero-order valence-electron chi connectivity index (χ0n) is 21.9. The molecule has 1 aromatic heterocycles. The van der Waals surface area contributed by atoms with Gasteiger partial charge in [0.15, 0.2) is 23.0 Å². The number of ether oxygens (including phenoxy) is 4. The van der Waals surface area contributed by atoms with Crippen molar-refractivity contribution in [1.29, 1.82) is 0 Å². The Kier molecular flexibility index (Phi) is 7.67. The number of methoxy groups -OCH3 is 1. The van der Waals surface area contributed by atoms with Crippen LogP contribution in [0.25, 0.3) is 10.9 Å². The first kappa shape index (κ1) is 26.7. The topological polar surface area (TPSA) is 84.2 Å². The fourth-order valence-electron chi connectivity index (χ4n) is 5.17. The summed E-state index contributed by atoms with van der Waals surface area (Å²) in [7, 11) is 1.55. The highest BCUT2D eigenvalue weighted by Gasteiger charge is 2.23. The molecule has 4 aromatic rings. The van der Waals surface area contributed by atoms with E-state index in [1.807, 2.05) is 30.3 Å². The lowest BCUT2D eigenvalue weighted by molar-refractivity contribution is 0.174. The van der Waals surface area contributed by atoms with E-state index in [1.165, 1.54) is 11.1 Å². The minimum atomic E-state index is -0.204. The van der Waals surface area contributed by atoms with E-state index in [0.29, 0.717) is 50.3 Å². The molecule has 1 aliphatic heterocycles. The lowest BCUT2D eigenvalue weighted by atomic mass is 9.88. The van der Waals surface area contributed by atoms with Gasteiger partial charge >= 0.3 is 0 Å². The highest BCUT2D eigenvalue weighted by molar-refractivity contribution is 9.10. The molecule has 1 fully saturated rings. The van der Waals surface area contributed by atoms with E-state index in [2.05, 4.69) is 21.0 Å². The van der Waals surface area contributed by atoms with Gasteiger partial charge in [-0.25, -0.2) is 4.98 Å². The lowest BCUT2D eigenvalue weighted by Crippen LogP contribution is -2.25. The molecule has 6 rings (SSSR count). The second kappa shape index (κ2) is 11.5. The van der Waals surface area contributed by atoms with Crippen molar-refractivity contribution in [3.05, 3.63) is 85.3 Å². The van der Waals surface area contributed by atoms with Crippen LogP contribution in [0.5, 0.6) is 23.0 Å². The quantitative estimate of drug-likeness (QED) is 0.205. The molecule has 40 heavy (non-hydrogen) atoms. The normalized spacial score (nSPS) is 15.2. The molecular formula is C30H27BrClN3O5. The highest BCUT2D eigenvalue weighted by Crippen LogP contribution is 2.38. The average molecular weight is 625 g/mol. The molecule has 0 atom stereocenters. The molecular weight excluding hydrogens is 598 g/mol. The van der Waals surface area contributed by atoms with E-state index >= 15 is 0 Å². The summed E-state index contributed by atoms with van der Waals surface area (Å²) in [6, 6.07) is 14.7. The van der Waals surface area contributed by atoms with Crippen LogP contribution in [-0.4, -0.2) is 29.8 Å². The SMILES string of the molecule is COc1cc(C=Nn2c(C3CCCCC3)nc3ccc(Br)cc3c2=O)cc(Cl)c1OCc1ccc2c(c1)OCO2. The molecule has 1 aliphatic carbocycles. The van der Waals surface area contributed by atoms with Gasteiger partial charge in [0.05, 0.1) is 29.2 Å². The first-order valence-electron chi connectivity index (χ1n) is 13.2. The van der Waals surface area contributed by atoms with Crippen molar-refractivity contribution in [2.45, 2.75) is 44.6 Å². The summed E-state index contributed by atoms with van der Waals surface area (Å²) in [5, 5.41) is 5.50. The Balaban J connectivity index is 1.31. The van der Waals surface area contributed by atoms with E-state index < -0.39 is 0 Å². The number of benzene rings is 3. The van der Waals surface area contributed by atoms with E-state index in [9.17, 15) is 4.79 Å². The van der Waals surface area contributed by atoms with E-state index in [4.69, 9.17) is 35.5 Å². The van der Waals surface area contributed by atoms with Crippen molar-refractivity contribution in [3.8, 4) is 23.0 Å². The Labute approximate surface area is 244 Å². The Morgan fingerprint density at radius 2 is 1.93 bits per heavy atom. The van der Waals surface area contributed by atoms with Crippen molar-refractivity contribution in [2.75, 3.05) is 13.9 Å². The maximum Gasteiger partial charge on any atom is 0.282 e. The maximum absolute atomic E-state index is 13.6. The van der Waals surface area contributed by atoms with Crippen LogP contribution < -0.4 is 24.5 Å². The van der Waals surface area contributed by atoms with Crippen LogP contribution >= 0.6 is 27.5 Å². The van der Waals surface area contributed by atoms with Crippen LogP contribution in [0.3, 0.4) is 0 Å². The summed E-state index contributed by atoms with van der Waals surface area (Å²) in [6.07, 6.45) is 7.01. The highest BCUT2D eigenvalue weighted by atomic mass is 79.9. The van der Waals surface area contributed by atoms with Crippen molar-refractivity contribution in [3.63, 3.8) is 0 Å². The van der Waals surface area contributed by atoms with Gasteiger partial charge in [0.2, 0.25) is 6.79 Å². The summed E-state index contributed by atoms with van der Waals surface area (Å²) < 4.78 is 24.7. The van der Waals surface area contributed by atoms with Crippen molar-refractivity contribution < 1.29 is 18.9 Å². The number of rotatable bonds is 7. The zero-order valence-corrected chi connectivity index (χ0v) is 24.2. The molecule has 2 aliphatic rings. The molecule has 0 radical (unpaired) electrons. The van der Waals surface area contributed by atoms with Crippen LogP contribution in [0, 0.1) is 0 Å². The third kappa shape index (κ3) is 5.40. The van der Waals surface area contributed by atoms with Gasteiger partial charge < -0.3 is 18.9 Å². The molecule has 206 valence electrons. The second-order valence-corrected chi connectivity index (χ2v) is 11.2. The molecule has 1 saturated carbocycles. The second-order valence-electron chi connectivity index (χ2n) is 9.84. The smallest absolute Gasteiger partial charge is 0.282 e. The average Bonchev–Trinajstić information content (AvgIpc) is 3.44. The number of nitrogens with zero attached hydrogens (tertiary/aromatic N) is 3. The fourth-order valence-corrected chi connectivity index (χ4v) is 5.80. The predicted octanol–water partition coefficient (Wildman–Crippen LogP) is 7.06. The minimum Gasteiger partial charge on any atom is -0.493 e. The molecule has 0 spiro atoms. The molecule has 8 nitrogen and oxygen atoms in total. The number of hydrogen-bond donors (Lipinski definition) is 0. The van der Waals surface area contributed by atoms with Gasteiger partial charge in [-0.05, 0) is 66.4 Å². The van der Waals surface area contributed by atoms with Crippen molar-refractivity contribution in [2.24, 2.45) is 5.10 Å². The molecule has 0 saturated heterocycles. The van der Waals surface area contributed by atoms with E-state index in [1.54, 1.807) is 31.5 Å². The van der Waals surface area contributed by atoms with Gasteiger partial charge in [-0.15, -0.1) is 0 Å². The summed E-state index contributed by atoms with van der Waals surface area (Å²) in [5.41, 5.74) is 2.03. The van der Waals surface area contributed by atoms with E-state index in [-0.39, 0.29) is 24.9 Å². The summed E-state index contributed by atoms with van der Waals surface area (Å²) in [4.78, 5) is 18.5. The van der Waals surface area contributed by atoms with Crippen LogP contribution in [0.15, 0.2) is 62.9 Å². The van der Waals surface area contributed by atoms with Crippen molar-refractivity contribution in [1.82, 2.24) is 9.66 Å². The molecule has 10 heteroatoms. The van der Waals surface area contributed by atoms with Gasteiger partial charge in [-0.3, -0.25) is 4.79 Å². The van der Waals surface area contributed by atoms with Gasteiger partial charge in [0.1, 0.15) is 12.4 Å². The Bertz CT molecular complexity index is 1670. The lowest BCUT2D eigenvalue weighted by Gasteiger charge is -2.22. The van der Waals surface area contributed by atoms with Crippen LogP contribution in [-0.2, 0) is 6.61 Å². The summed E-state index contributed by atoms with van der Waals surface area (Å²) >= 11 is 10.1. The van der Waals surface area contributed by atoms with Gasteiger partial charge in [0.25, 0.3) is 5.56 Å². The molecule has 0 bridgehead atoms. The first-order chi connectivity index (χ1) is 19.5. The largest absolute Gasteiger partial charge is 0.493 e. The van der Waals surface area contributed by atoms with Gasteiger partial charge in [-0.2, -0.15) is 9.78 Å². The fraction of sp³-hybridized carbons (Fsp3) is 0.300. The minimum absolute atomic E-state index is 0.178. The number of halogens is 2. The van der Waals surface area contributed by atoms with Crippen LogP contribution in [0.1, 0.15) is 55.0 Å². The monoisotopic (exact) mass is 623 g/mol. The number of hydrogen-bond acceptors (Lipinski definition) is 7. The van der Waals surface area contributed by atoms with Gasteiger partial charge in [0, 0.05) is 10.4 Å². The molecule has 2 heterocycles. The van der Waals surface area contributed by atoms with Gasteiger partial charge in [-0.1, -0.05) is 52.9 Å². The van der Waals surface area contributed by atoms with Crippen molar-refractivity contribution >= 4 is 44.6 Å². The van der Waals surface area contributed by atoms with Crippen LogP contribution in [0.2, 0.25) is 5.02 Å². The molecule has 0 N–H and O–H groups in total. The van der Waals surface area contributed by atoms with E-state index in [0.717, 1.165) is 35.7 Å². The predicted molar refractivity (Wildman–Crippen MR) is 157 cm³/mol. The number of aromatic nitrogens is 2. The molecule has 0 unspecified atom stereocenters. The molecule has 3 aromatic carbocycles. The summed E-state index contributed by atoms with van der Waals surface area (Å²) in [6.45, 7) is 0.474. The zero-order chi connectivity index (χ0) is 27.6.